The van der Waals surface area contributed by atoms with Gasteiger partial charge in [-0.05, 0) is 31.9 Å². The Bertz CT molecular complexity index is 580. The molecule has 0 unspecified atom stereocenters. The van der Waals surface area contributed by atoms with E-state index in [9.17, 15) is 4.79 Å². The third-order valence-electron chi connectivity index (χ3n) is 5.75. The molecule has 2 aliphatic rings. The summed E-state index contributed by atoms with van der Waals surface area (Å²) in [5, 5.41) is 0. The first-order valence-corrected chi connectivity index (χ1v) is 9.83. The van der Waals surface area contributed by atoms with Gasteiger partial charge < -0.3 is 14.4 Å². The third-order valence-corrected chi connectivity index (χ3v) is 5.75. The SMILES string of the molecule is CC[C@H]1C[C@H](C(=O)N(C)C[C@@H]2OCCN(C)[C@H]2c2ccccc2)CCO1. The molecule has 2 heterocycles. The van der Waals surface area contributed by atoms with Gasteiger partial charge in [0.1, 0.15) is 0 Å². The van der Waals surface area contributed by atoms with Crippen LogP contribution in [-0.2, 0) is 14.3 Å². The molecule has 1 aromatic rings. The van der Waals surface area contributed by atoms with Crippen LogP contribution in [0.1, 0.15) is 37.8 Å². The molecular formula is C21H32N2O3. The molecule has 0 spiro atoms. The number of nitrogens with zero attached hydrogens (tertiary/aromatic N) is 2. The van der Waals surface area contributed by atoms with Gasteiger partial charge in [0.2, 0.25) is 5.91 Å². The van der Waals surface area contributed by atoms with E-state index >= 15 is 0 Å². The first-order chi connectivity index (χ1) is 12.6. The van der Waals surface area contributed by atoms with Crippen molar-refractivity contribution in [3.8, 4) is 0 Å². The molecular weight excluding hydrogens is 328 g/mol. The Labute approximate surface area is 157 Å². The summed E-state index contributed by atoms with van der Waals surface area (Å²) in [6, 6.07) is 10.6. The van der Waals surface area contributed by atoms with Crippen LogP contribution >= 0.6 is 0 Å². The number of carbonyl (C=O) groups is 1. The molecule has 5 heteroatoms. The molecule has 5 nitrogen and oxygen atoms in total. The van der Waals surface area contributed by atoms with Crippen molar-refractivity contribution >= 4 is 5.91 Å². The number of carbonyl (C=O) groups excluding carboxylic acids is 1. The number of morpholine rings is 1. The van der Waals surface area contributed by atoms with Crippen molar-refractivity contribution < 1.29 is 14.3 Å². The van der Waals surface area contributed by atoms with Gasteiger partial charge in [-0.2, -0.15) is 0 Å². The molecule has 0 bridgehead atoms. The van der Waals surface area contributed by atoms with Crippen molar-refractivity contribution in [1.82, 2.24) is 9.80 Å². The minimum Gasteiger partial charge on any atom is -0.378 e. The zero-order valence-electron chi connectivity index (χ0n) is 16.3. The van der Waals surface area contributed by atoms with Gasteiger partial charge in [-0.1, -0.05) is 37.3 Å². The summed E-state index contributed by atoms with van der Waals surface area (Å²) in [5.74, 6) is 0.311. The Morgan fingerprint density at radius 1 is 1.23 bits per heavy atom. The number of ether oxygens (including phenoxy) is 2. The number of amides is 1. The van der Waals surface area contributed by atoms with E-state index in [1.54, 1.807) is 0 Å². The lowest BCUT2D eigenvalue weighted by Gasteiger charge is -2.41. The van der Waals surface area contributed by atoms with E-state index in [0.717, 1.165) is 25.8 Å². The monoisotopic (exact) mass is 360 g/mol. The van der Waals surface area contributed by atoms with Crippen LogP contribution in [0, 0.1) is 5.92 Å². The summed E-state index contributed by atoms with van der Waals surface area (Å²) in [7, 11) is 4.05. The van der Waals surface area contributed by atoms with Crippen molar-refractivity contribution in [3.63, 3.8) is 0 Å². The fraction of sp³-hybridized carbons (Fsp3) is 0.667. The molecule has 0 radical (unpaired) electrons. The molecule has 144 valence electrons. The summed E-state index contributed by atoms with van der Waals surface area (Å²) in [4.78, 5) is 17.2. The van der Waals surface area contributed by atoms with Gasteiger partial charge in [0.25, 0.3) is 0 Å². The normalized spacial score (nSPS) is 30.1. The highest BCUT2D eigenvalue weighted by Crippen LogP contribution is 2.30. The van der Waals surface area contributed by atoms with E-state index in [-0.39, 0.29) is 30.1 Å². The van der Waals surface area contributed by atoms with Gasteiger partial charge in [0, 0.05) is 32.7 Å². The maximum atomic E-state index is 13.0. The van der Waals surface area contributed by atoms with E-state index in [2.05, 4.69) is 43.1 Å². The van der Waals surface area contributed by atoms with Crippen LogP contribution in [0.15, 0.2) is 30.3 Å². The van der Waals surface area contributed by atoms with Gasteiger partial charge in [-0.3, -0.25) is 9.69 Å². The molecule has 1 aromatic carbocycles. The first-order valence-electron chi connectivity index (χ1n) is 9.83. The fourth-order valence-corrected chi connectivity index (χ4v) is 4.19. The topological polar surface area (TPSA) is 42.0 Å². The number of rotatable bonds is 5. The largest absolute Gasteiger partial charge is 0.378 e. The smallest absolute Gasteiger partial charge is 0.225 e. The van der Waals surface area contributed by atoms with Crippen molar-refractivity contribution in [1.29, 1.82) is 0 Å². The highest BCUT2D eigenvalue weighted by Gasteiger charge is 2.35. The lowest BCUT2D eigenvalue weighted by atomic mass is 9.92. The van der Waals surface area contributed by atoms with Gasteiger partial charge in [0.05, 0.1) is 24.9 Å². The maximum Gasteiger partial charge on any atom is 0.225 e. The van der Waals surface area contributed by atoms with Crippen LogP contribution in [0.4, 0.5) is 0 Å². The Kier molecular flexibility index (Phi) is 6.68. The maximum absolute atomic E-state index is 13.0. The lowest BCUT2D eigenvalue weighted by molar-refractivity contribution is -0.144. The molecule has 2 aliphatic heterocycles. The second-order valence-corrected chi connectivity index (χ2v) is 7.59. The molecule has 0 aliphatic carbocycles. The van der Waals surface area contributed by atoms with Gasteiger partial charge in [-0.15, -0.1) is 0 Å². The average Bonchev–Trinajstić information content (AvgIpc) is 2.68. The van der Waals surface area contributed by atoms with E-state index in [1.165, 1.54) is 5.56 Å². The summed E-state index contributed by atoms with van der Waals surface area (Å²) >= 11 is 0. The summed E-state index contributed by atoms with van der Waals surface area (Å²) in [5.41, 5.74) is 1.25. The van der Waals surface area contributed by atoms with Crippen molar-refractivity contribution in [2.45, 2.75) is 44.4 Å². The molecule has 2 saturated heterocycles. The molecule has 0 N–H and O–H groups in total. The van der Waals surface area contributed by atoms with Crippen LogP contribution in [0.3, 0.4) is 0 Å². The second kappa shape index (κ2) is 8.98. The fourth-order valence-electron chi connectivity index (χ4n) is 4.19. The molecule has 26 heavy (non-hydrogen) atoms. The zero-order valence-corrected chi connectivity index (χ0v) is 16.3. The molecule has 3 rings (SSSR count). The summed E-state index contributed by atoms with van der Waals surface area (Å²) < 4.78 is 11.8. The van der Waals surface area contributed by atoms with Crippen molar-refractivity contribution in [3.05, 3.63) is 35.9 Å². The van der Waals surface area contributed by atoms with Crippen LogP contribution in [-0.4, -0.2) is 68.3 Å². The Hall–Kier alpha value is -1.43. The van der Waals surface area contributed by atoms with Crippen LogP contribution in [0.5, 0.6) is 0 Å². The number of benzene rings is 1. The van der Waals surface area contributed by atoms with Crippen LogP contribution < -0.4 is 0 Å². The number of hydrogen-bond acceptors (Lipinski definition) is 4. The van der Waals surface area contributed by atoms with Crippen molar-refractivity contribution in [2.75, 3.05) is 40.4 Å². The second-order valence-electron chi connectivity index (χ2n) is 7.59. The quantitative estimate of drug-likeness (QED) is 0.810. The van der Waals surface area contributed by atoms with Gasteiger partial charge in [0.15, 0.2) is 0 Å². The van der Waals surface area contributed by atoms with Gasteiger partial charge >= 0.3 is 0 Å². The Morgan fingerprint density at radius 2 is 2.00 bits per heavy atom. The van der Waals surface area contributed by atoms with E-state index in [1.807, 2.05) is 18.0 Å². The number of hydrogen-bond donors (Lipinski definition) is 0. The van der Waals surface area contributed by atoms with Crippen LogP contribution in [0.2, 0.25) is 0 Å². The minimum absolute atomic E-state index is 0.00749. The van der Waals surface area contributed by atoms with Gasteiger partial charge in [-0.25, -0.2) is 0 Å². The first kappa shape index (κ1) is 19.3. The summed E-state index contributed by atoms with van der Waals surface area (Å²) in [6.45, 7) is 5.06. The Morgan fingerprint density at radius 3 is 2.73 bits per heavy atom. The summed E-state index contributed by atoms with van der Waals surface area (Å²) in [6.07, 6.45) is 2.85. The molecule has 0 aromatic heterocycles. The molecule has 4 atom stereocenters. The highest BCUT2D eigenvalue weighted by molar-refractivity contribution is 5.78. The van der Waals surface area contributed by atoms with E-state index < -0.39 is 0 Å². The average molecular weight is 360 g/mol. The highest BCUT2D eigenvalue weighted by atomic mass is 16.5. The Balaban J connectivity index is 1.66. The predicted octanol–water partition coefficient (Wildman–Crippen LogP) is 2.72. The molecule has 1 amide bonds. The lowest BCUT2D eigenvalue weighted by Crippen LogP contribution is -2.50. The van der Waals surface area contributed by atoms with E-state index in [4.69, 9.17) is 9.47 Å². The standard InChI is InChI=1S/C21H32N2O3/c1-4-18-14-17(10-12-25-18)21(24)23(3)15-19-20(22(2)11-13-26-19)16-8-6-5-7-9-16/h5-9,17-20H,4,10-15H2,1-3H3/t17-,18+,19+,20+/m1/s1. The molecule has 2 fully saturated rings. The minimum atomic E-state index is -0.00749. The van der Waals surface area contributed by atoms with Crippen LogP contribution in [0.25, 0.3) is 0 Å². The molecule has 0 saturated carbocycles. The predicted molar refractivity (Wildman–Crippen MR) is 102 cm³/mol. The number of likely N-dealkylation sites (N-methyl/N-ethyl adjacent to an activating group) is 2. The van der Waals surface area contributed by atoms with Crippen molar-refractivity contribution in [2.24, 2.45) is 5.92 Å². The zero-order chi connectivity index (χ0) is 18.5. The van der Waals surface area contributed by atoms with E-state index in [0.29, 0.717) is 19.8 Å². The third kappa shape index (κ3) is 4.45.